The van der Waals surface area contributed by atoms with Gasteiger partial charge in [0.25, 0.3) is 5.69 Å². The van der Waals surface area contributed by atoms with Gasteiger partial charge in [0.1, 0.15) is 5.52 Å². The summed E-state index contributed by atoms with van der Waals surface area (Å²) in [6.07, 6.45) is 0.571. The van der Waals surface area contributed by atoms with E-state index < -0.39 is 16.8 Å². The topological polar surface area (TPSA) is 137 Å². The molecule has 0 aliphatic rings. The summed E-state index contributed by atoms with van der Waals surface area (Å²) in [6, 6.07) is 2.86. The van der Waals surface area contributed by atoms with Gasteiger partial charge in [-0.1, -0.05) is 0 Å². The molecule has 1 unspecified atom stereocenters. The molecule has 0 aliphatic carbocycles. The number of aliphatic carboxylic acids is 1. The zero-order valence-corrected chi connectivity index (χ0v) is 13.1. The summed E-state index contributed by atoms with van der Waals surface area (Å²) in [4.78, 5) is 22.2. The minimum absolute atomic E-state index is 0.0447. The third kappa shape index (κ3) is 2.85. The van der Waals surface area contributed by atoms with Gasteiger partial charge in [-0.3, -0.25) is 14.9 Å². The summed E-state index contributed by atoms with van der Waals surface area (Å²) in [5.41, 5.74) is 13.8. The highest BCUT2D eigenvalue weighted by Gasteiger charge is 2.26. The molecule has 0 saturated carbocycles. The van der Waals surface area contributed by atoms with Crippen LogP contribution in [0.25, 0.3) is 10.9 Å². The minimum atomic E-state index is -0.934. The fourth-order valence-corrected chi connectivity index (χ4v) is 2.96. The van der Waals surface area contributed by atoms with Crippen LogP contribution >= 0.6 is 0 Å². The number of nitro benzene ring substituents is 1. The van der Waals surface area contributed by atoms with Gasteiger partial charge in [0, 0.05) is 29.9 Å². The van der Waals surface area contributed by atoms with Crippen LogP contribution < -0.4 is 11.5 Å². The lowest BCUT2D eigenvalue weighted by Crippen LogP contribution is -2.20. The van der Waals surface area contributed by atoms with Crippen LogP contribution in [0.3, 0.4) is 0 Å². The molecule has 0 spiro atoms. The molecule has 0 bridgehead atoms. The van der Waals surface area contributed by atoms with Gasteiger partial charge >= 0.3 is 5.97 Å². The van der Waals surface area contributed by atoms with Crippen molar-refractivity contribution in [1.29, 1.82) is 0 Å². The fraction of sp³-hybridized carbons (Fsp3) is 0.400. The largest absolute Gasteiger partial charge is 0.481 e. The van der Waals surface area contributed by atoms with Crippen LogP contribution in [-0.2, 0) is 18.3 Å². The van der Waals surface area contributed by atoms with Crippen molar-refractivity contribution in [2.75, 3.05) is 12.3 Å². The SMILES string of the molecule is Cc1c(CC(CCN)C(=O)O)c2c(N)ccc([N+](=O)[O-])c2n1C. The van der Waals surface area contributed by atoms with Crippen LogP contribution in [0.15, 0.2) is 12.1 Å². The lowest BCUT2D eigenvalue weighted by atomic mass is 9.94. The number of nitrogens with two attached hydrogens (primary N) is 2. The highest BCUT2D eigenvalue weighted by atomic mass is 16.6. The number of hydrogen-bond donors (Lipinski definition) is 3. The Hall–Kier alpha value is -2.61. The monoisotopic (exact) mass is 320 g/mol. The number of fused-ring (bicyclic) bond motifs is 1. The van der Waals surface area contributed by atoms with Crippen molar-refractivity contribution in [2.24, 2.45) is 18.7 Å². The van der Waals surface area contributed by atoms with Crippen LogP contribution in [0.1, 0.15) is 17.7 Å². The van der Waals surface area contributed by atoms with E-state index in [2.05, 4.69) is 0 Å². The molecular formula is C15H20N4O4. The molecule has 0 amide bonds. The maximum Gasteiger partial charge on any atom is 0.306 e. The Bertz CT molecular complexity index is 782. The standard InChI is InChI=1S/C15H20N4O4/c1-8-10(7-9(5-6-16)15(20)21)13-11(17)3-4-12(19(22)23)14(13)18(8)2/h3-4,9H,5-7,16-17H2,1-2H3,(H,20,21). The maximum absolute atomic E-state index is 11.4. The molecule has 1 aromatic carbocycles. The molecule has 0 fully saturated rings. The first-order valence-electron chi connectivity index (χ1n) is 7.23. The average Bonchev–Trinajstić information content (AvgIpc) is 2.73. The Labute approximate surface area is 132 Å². The normalized spacial score (nSPS) is 12.5. The van der Waals surface area contributed by atoms with E-state index in [1.165, 1.54) is 12.1 Å². The van der Waals surface area contributed by atoms with Crippen molar-refractivity contribution >= 4 is 28.2 Å². The number of nitrogens with zero attached hydrogens (tertiary/aromatic N) is 2. The Morgan fingerprint density at radius 2 is 2.13 bits per heavy atom. The molecule has 5 N–H and O–H groups in total. The van der Waals surface area contributed by atoms with E-state index in [-0.39, 0.29) is 18.7 Å². The van der Waals surface area contributed by atoms with Gasteiger partial charge in [-0.25, -0.2) is 0 Å². The molecule has 0 radical (unpaired) electrons. The van der Waals surface area contributed by atoms with E-state index in [0.29, 0.717) is 23.0 Å². The summed E-state index contributed by atoms with van der Waals surface area (Å²) in [5, 5.41) is 21.2. The summed E-state index contributed by atoms with van der Waals surface area (Å²) < 4.78 is 1.69. The molecule has 1 heterocycles. The van der Waals surface area contributed by atoms with Crippen molar-refractivity contribution < 1.29 is 14.8 Å². The number of carboxylic acid groups (broad SMARTS) is 1. The highest BCUT2D eigenvalue weighted by molar-refractivity contribution is 6.01. The lowest BCUT2D eigenvalue weighted by molar-refractivity contribution is -0.383. The Morgan fingerprint density at radius 3 is 2.65 bits per heavy atom. The predicted octanol–water partition coefficient (Wildman–Crippen LogP) is 1.57. The number of carboxylic acids is 1. The molecule has 8 nitrogen and oxygen atoms in total. The zero-order chi connectivity index (χ0) is 17.3. The number of non-ortho nitro benzene ring substituents is 1. The molecule has 0 saturated heterocycles. The fourth-order valence-electron chi connectivity index (χ4n) is 2.96. The van der Waals surface area contributed by atoms with Crippen molar-refractivity contribution in [2.45, 2.75) is 19.8 Å². The van der Waals surface area contributed by atoms with E-state index in [0.717, 1.165) is 11.3 Å². The summed E-state index contributed by atoms with van der Waals surface area (Å²) in [5.74, 6) is -1.58. The molecule has 23 heavy (non-hydrogen) atoms. The number of rotatable bonds is 6. The smallest absolute Gasteiger partial charge is 0.306 e. The molecule has 1 aromatic heterocycles. The van der Waals surface area contributed by atoms with Gasteiger partial charge in [0.05, 0.1) is 10.8 Å². The van der Waals surface area contributed by atoms with E-state index in [1.807, 2.05) is 0 Å². The van der Waals surface area contributed by atoms with Crippen molar-refractivity contribution in [3.63, 3.8) is 0 Å². The Morgan fingerprint density at radius 1 is 1.48 bits per heavy atom. The number of hydrogen-bond acceptors (Lipinski definition) is 5. The minimum Gasteiger partial charge on any atom is -0.481 e. The summed E-state index contributed by atoms with van der Waals surface area (Å²) >= 11 is 0. The predicted molar refractivity (Wildman–Crippen MR) is 87.2 cm³/mol. The molecule has 124 valence electrons. The Balaban J connectivity index is 2.70. The summed E-state index contributed by atoms with van der Waals surface area (Å²) in [6.45, 7) is 2.07. The number of aromatic nitrogens is 1. The molecule has 8 heteroatoms. The van der Waals surface area contributed by atoms with Gasteiger partial charge in [-0.15, -0.1) is 0 Å². The number of nitrogen functional groups attached to an aromatic ring is 1. The average molecular weight is 320 g/mol. The zero-order valence-electron chi connectivity index (χ0n) is 13.1. The number of anilines is 1. The van der Waals surface area contributed by atoms with Gasteiger partial charge in [0.15, 0.2) is 0 Å². The second kappa shape index (κ2) is 6.25. The Kier molecular flexibility index (Phi) is 4.55. The van der Waals surface area contributed by atoms with Crippen LogP contribution in [0.5, 0.6) is 0 Å². The lowest BCUT2D eigenvalue weighted by Gasteiger charge is -2.12. The molecular weight excluding hydrogens is 300 g/mol. The summed E-state index contributed by atoms with van der Waals surface area (Å²) in [7, 11) is 1.71. The van der Waals surface area contributed by atoms with E-state index in [9.17, 15) is 20.0 Å². The van der Waals surface area contributed by atoms with E-state index in [1.54, 1.807) is 18.5 Å². The van der Waals surface area contributed by atoms with Crippen LogP contribution in [0.4, 0.5) is 11.4 Å². The number of nitro groups is 1. The van der Waals surface area contributed by atoms with Crippen LogP contribution in [0.2, 0.25) is 0 Å². The van der Waals surface area contributed by atoms with Gasteiger partial charge < -0.3 is 21.1 Å². The quantitative estimate of drug-likeness (QED) is 0.419. The van der Waals surface area contributed by atoms with E-state index in [4.69, 9.17) is 11.5 Å². The molecule has 2 aromatic rings. The van der Waals surface area contributed by atoms with Crippen molar-refractivity contribution in [1.82, 2.24) is 4.57 Å². The number of benzene rings is 1. The second-order valence-electron chi connectivity index (χ2n) is 5.59. The third-order valence-corrected chi connectivity index (χ3v) is 4.28. The first-order chi connectivity index (χ1) is 10.8. The third-order valence-electron chi connectivity index (χ3n) is 4.28. The van der Waals surface area contributed by atoms with Crippen LogP contribution in [-0.4, -0.2) is 27.1 Å². The molecule has 0 aliphatic heterocycles. The number of aryl methyl sites for hydroxylation is 1. The van der Waals surface area contributed by atoms with Gasteiger partial charge in [-0.2, -0.15) is 0 Å². The van der Waals surface area contributed by atoms with Crippen molar-refractivity contribution in [3.05, 3.63) is 33.5 Å². The molecule has 2 rings (SSSR count). The van der Waals surface area contributed by atoms with Crippen molar-refractivity contribution in [3.8, 4) is 0 Å². The second-order valence-corrected chi connectivity index (χ2v) is 5.59. The molecule has 1 atom stereocenters. The first kappa shape index (κ1) is 16.8. The van der Waals surface area contributed by atoms with Crippen LogP contribution in [0, 0.1) is 23.0 Å². The van der Waals surface area contributed by atoms with Gasteiger partial charge in [-0.05, 0) is 37.9 Å². The van der Waals surface area contributed by atoms with E-state index >= 15 is 0 Å². The highest BCUT2D eigenvalue weighted by Crippen LogP contribution is 2.37. The number of carbonyl (C=O) groups is 1. The first-order valence-corrected chi connectivity index (χ1v) is 7.23. The van der Waals surface area contributed by atoms with Gasteiger partial charge in [0.2, 0.25) is 0 Å². The maximum atomic E-state index is 11.4.